The van der Waals surface area contributed by atoms with Crippen molar-refractivity contribution in [2.24, 2.45) is 0 Å². The van der Waals surface area contributed by atoms with Gasteiger partial charge in [-0.1, -0.05) is 6.07 Å². The summed E-state index contributed by atoms with van der Waals surface area (Å²) in [7, 11) is 1.44. The molecule has 1 atom stereocenters. The van der Waals surface area contributed by atoms with E-state index in [-0.39, 0.29) is 23.9 Å². The van der Waals surface area contributed by atoms with Crippen molar-refractivity contribution < 1.29 is 18.7 Å². The van der Waals surface area contributed by atoms with E-state index >= 15 is 0 Å². The van der Waals surface area contributed by atoms with Crippen LogP contribution in [0.25, 0.3) is 0 Å². The first-order chi connectivity index (χ1) is 9.61. The predicted octanol–water partition coefficient (Wildman–Crippen LogP) is 2.13. The van der Waals surface area contributed by atoms with Crippen molar-refractivity contribution in [3.05, 3.63) is 29.6 Å². The van der Waals surface area contributed by atoms with Gasteiger partial charge in [0.1, 0.15) is 11.6 Å². The molecule has 0 bridgehead atoms. The standard InChI is InChI=1S/C15H20FNO3/c1-11-10-17(8-9-20-11)7-6-13(18)15-12(16)4-3-5-14(15)19-2/h3-5,11H,6-10H2,1-2H3. The summed E-state index contributed by atoms with van der Waals surface area (Å²) in [6, 6.07) is 4.42. The molecular weight excluding hydrogens is 261 g/mol. The molecule has 0 amide bonds. The quantitative estimate of drug-likeness (QED) is 0.775. The van der Waals surface area contributed by atoms with Gasteiger partial charge in [0.15, 0.2) is 5.78 Å². The fraction of sp³-hybridized carbons (Fsp3) is 0.533. The van der Waals surface area contributed by atoms with Gasteiger partial charge in [0.25, 0.3) is 0 Å². The summed E-state index contributed by atoms with van der Waals surface area (Å²) in [5.74, 6) is -0.450. The lowest BCUT2D eigenvalue weighted by molar-refractivity contribution is -0.0180. The Morgan fingerprint density at radius 2 is 2.35 bits per heavy atom. The second kappa shape index (κ2) is 6.81. The third-order valence-electron chi connectivity index (χ3n) is 3.45. The van der Waals surface area contributed by atoms with Gasteiger partial charge >= 0.3 is 0 Å². The van der Waals surface area contributed by atoms with Crippen molar-refractivity contribution in [3.63, 3.8) is 0 Å². The summed E-state index contributed by atoms with van der Waals surface area (Å²) in [4.78, 5) is 14.4. The number of halogens is 1. The number of Topliss-reactive ketones (excluding diaryl/α,β-unsaturated/α-hetero) is 1. The number of ether oxygens (including phenoxy) is 2. The third kappa shape index (κ3) is 3.55. The number of ketones is 1. The third-order valence-corrected chi connectivity index (χ3v) is 3.45. The van der Waals surface area contributed by atoms with Crippen molar-refractivity contribution in [1.82, 2.24) is 4.90 Å². The van der Waals surface area contributed by atoms with Crippen LogP contribution in [-0.4, -0.2) is 50.1 Å². The van der Waals surface area contributed by atoms with Crippen LogP contribution in [0.2, 0.25) is 0 Å². The van der Waals surface area contributed by atoms with Crippen LogP contribution in [0.4, 0.5) is 4.39 Å². The van der Waals surface area contributed by atoms with Gasteiger partial charge in [0.05, 0.1) is 25.4 Å². The van der Waals surface area contributed by atoms with Crippen LogP contribution < -0.4 is 4.74 Å². The number of hydrogen-bond donors (Lipinski definition) is 0. The maximum absolute atomic E-state index is 13.8. The highest BCUT2D eigenvalue weighted by Crippen LogP contribution is 2.22. The molecule has 0 radical (unpaired) electrons. The molecule has 4 nitrogen and oxygen atoms in total. The summed E-state index contributed by atoms with van der Waals surface area (Å²) in [5.41, 5.74) is 0.0521. The van der Waals surface area contributed by atoms with Gasteiger partial charge in [-0.05, 0) is 19.1 Å². The molecule has 1 fully saturated rings. The van der Waals surface area contributed by atoms with Gasteiger partial charge in [0, 0.05) is 26.1 Å². The number of carbonyl (C=O) groups is 1. The van der Waals surface area contributed by atoms with Crippen molar-refractivity contribution in [2.45, 2.75) is 19.4 Å². The normalized spacial score (nSPS) is 19.9. The molecule has 20 heavy (non-hydrogen) atoms. The Balaban J connectivity index is 1.98. The first-order valence-corrected chi connectivity index (χ1v) is 6.81. The average molecular weight is 281 g/mol. The van der Waals surface area contributed by atoms with Crippen LogP contribution in [0.3, 0.4) is 0 Å². The van der Waals surface area contributed by atoms with E-state index in [2.05, 4.69) is 4.90 Å². The van der Waals surface area contributed by atoms with E-state index in [1.807, 2.05) is 6.92 Å². The highest BCUT2D eigenvalue weighted by atomic mass is 19.1. The van der Waals surface area contributed by atoms with Crippen molar-refractivity contribution >= 4 is 5.78 Å². The highest BCUT2D eigenvalue weighted by molar-refractivity contribution is 5.99. The Hall–Kier alpha value is -1.46. The summed E-state index contributed by atoms with van der Waals surface area (Å²) in [6.45, 7) is 4.92. The number of carbonyl (C=O) groups excluding carboxylic acids is 1. The van der Waals surface area contributed by atoms with Crippen LogP contribution in [0, 0.1) is 5.82 Å². The number of methoxy groups -OCH3 is 1. The molecule has 5 heteroatoms. The molecule has 0 saturated carbocycles. The number of hydrogen-bond acceptors (Lipinski definition) is 4. The Bertz CT molecular complexity index is 478. The zero-order valence-corrected chi connectivity index (χ0v) is 11.9. The molecule has 1 aliphatic rings. The van der Waals surface area contributed by atoms with E-state index in [0.717, 1.165) is 13.1 Å². The summed E-state index contributed by atoms with van der Waals surface area (Å²) in [6.07, 6.45) is 0.464. The SMILES string of the molecule is COc1cccc(F)c1C(=O)CCN1CCOC(C)C1. The van der Waals surface area contributed by atoms with Gasteiger partial charge in [-0.3, -0.25) is 9.69 Å². The molecule has 1 aliphatic heterocycles. The van der Waals surface area contributed by atoms with Crippen LogP contribution in [0.5, 0.6) is 5.75 Å². The highest BCUT2D eigenvalue weighted by Gasteiger charge is 2.20. The lowest BCUT2D eigenvalue weighted by Crippen LogP contribution is -2.41. The Morgan fingerprint density at radius 3 is 3.05 bits per heavy atom. The van der Waals surface area contributed by atoms with Crippen molar-refractivity contribution in [1.29, 1.82) is 0 Å². The fourth-order valence-corrected chi connectivity index (χ4v) is 2.42. The van der Waals surface area contributed by atoms with E-state index in [1.165, 1.54) is 19.2 Å². The van der Waals surface area contributed by atoms with Crippen LogP contribution in [0.15, 0.2) is 18.2 Å². The molecule has 1 aromatic rings. The summed E-state index contributed by atoms with van der Waals surface area (Å²) < 4.78 is 24.3. The first kappa shape index (κ1) is 14.9. The maximum Gasteiger partial charge on any atom is 0.170 e. The van der Waals surface area contributed by atoms with Crippen LogP contribution in [-0.2, 0) is 4.74 Å². The second-order valence-electron chi connectivity index (χ2n) is 4.97. The molecule has 0 spiro atoms. The van der Waals surface area contributed by atoms with Gasteiger partial charge in [-0.15, -0.1) is 0 Å². The molecule has 0 N–H and O–H groups in total. The molecular formula is C15H20FNO3. The van der Waals surface area contributed by atoms with Gasteiger partial charge in [0.2, 0.25) is 0 Å². The van der Waals surface area contributed by atoms with E-state index in [0.29, 0.717) is 18.9 Å². The summed E-state index contributed by atoms with van der Waals surface area (Å²) >= 11 is 0. The van der Waals surface area contributed by atoms with E-state index in [4.69, 9.17) is 9.47 Å². The number of benzene rings is 1. The Labute approximate surface area is 118 Å². The topological polar surface area (TPSA) is 38.8 Å². The minimum absolute atomic E-state index is 0.0521. The van der Waals surface area contributed by atoms with E-state index in [9.17, 15) is 9.18 Å². The minimum Gasteiger partial charge on any atom is -0.496 e. The van der Waals surface area contributed by atoms with Gasteiger partial charge < -0.3 is 9.47 Å². The zero-order valence-electron chi connectivity index (χ0n) is 11.9. The molecule has 2 rings (SSSR count). The largest absolute Gasteiger partial charge is 0.496 e. The van der Waals surface area contributed by atoms with Crippen molar-refractivity contribution in [2.75, 3.05) is 33.4 Å². The van der Waals surface area contributed by atoms with Crippen LogP contribution in [0.1, 0.15) is 23.7 Å². The van der Waals surface area contributed by atoms with Crippen LogP contribution >= 0.6 is 0 Å². The molecule has 110 valence electrons. The lowest BCUT2D eigenvalue weighted by atomic mass is 10.1. The fourth-order valence-electron chi connectivity index (χ4n) is 2.42. The zero-order chi connectivity index (χ0) is 14.5. The number of morpholine rings is 1. The molecule has 1 unspecified atom stereocenters. The number of rotatable bonds is 5. The molecule has 1 saturated heterocycles. The monoisotopic (exact) mass is 281 g/mol. The average Bonchev–Trinajstić information content (AvgIpc) is 2.44. The lowest BCUT2D eigenvalue weighted by Gasteiger charge is -2.30. The van der Waals surface area contributed by atoms with Gasteiger partial charge in [-0.2, -0.15) is 0 Å². The first-order valence-electron chi connectivity index (χ1n) is 6.81. The molecule has 1 aromatic carbocycles. The molecule has 0 aliphatic carbocycles. The van der Waals surface area contributed by atoms with E-state index < -0.39 is 5.82 Å². The van der Waals surface area contributed by atoms with Crippen molar-refractivity contribution in [3.8, 4) is 5.75 Å². The Kier molecular flexibility index (Phi) is 5.09. The minimum atomic E-state index is -0.523. The molecule has 1 heterocycles. The smallest absolute Gasteiger partial charge is 0.170 e. The molecule has 0 aromatic heterocycles. The maximum atomic E-state index is 13.8. The van der Waals surface area contributed by atoms with Gasteiger partial charge in [-0.25, -0.2) is 4.39 Å². The Morgan fingerprint density at radius 1 is 1.55 bits per heavy atom. The second-order valence-corrected chi connectivity index (χ2v) is 4.97. The predicted molar refractivity (Wildman–Crippen MR) is 73.8 cm³/mol. The van der Waals surface area contributed by atoms with E-state index in [1.54, 1.807) is 6.07 Å². The summed E-state index contributed by atoms with van der Waals surface area (Å²) in [5, 5.41) is 0. The number of nitrogens with zero attached hydrogens (tertiary/aromatic N) is 1.